The smallest absolute Gasteiger partial charge is 0.303 e. The third kappa shape index (κ3) is 7.09. The van der Waals surface area contributed by atoms with Crippen LogP contribution in [0.15, 0.2) is 64.7 Å². The molecule has 2 atom stereocenters. The summed E-state index contributed by atoms with van der Waals surface area (Å²) in [5.41, 5.74) is 8.25. The van der Waals surface area contributed by atoms with E-state index < -0.39 is 22.0 Å². The minimum absolute atomic E-state index is 0.0292. The summed E-state index contributed by atoms with van der Waals surface area (Å²) in [5, 5.41) is 6.99. The molecule has 0 bridgehead atoms. The summed E-state index contributed by atoms with van der Waals surface area (Å²) < 4.78 is 30.2. The topological polar surface area (TPSA) is 120 Å². The standard InChI is InChI=1S/C26H35ClN6O3S/c1-5-32(6-2)37(35,36)31-26(29-16-22(18(3)4)25(28)34)33-17-23(19-10-8-7-9-11-19)24(30-33)20-12-14-21(27)15-13-20/h7-15,18,22-23H,5-6,16-17H2,1-4H3,(H2,28,34)(H,29,31). The van der Waals surface area contributed by atoms with E-state index in [0.29, 0.717) is 24.7 Å². The molecule has 2 aromatic rings. The summed E-state index contributed by atoms with van der Waals surface area (Å²) in [6.45, 7) is 8.25. The molecule has 3 rings (SSSR count). The lowest BCUT2D eigenvalue weighted by molar-refractivity contribution is -0.122. The lowest BCUT2D eigenvalue weighted by Gasteiger charge is -2.24. The van der Waals surface area contributed by atoms with Crippen LogP contribution in [0.25, 0.3) is 0 Å². The number of nitrogens with zero attached hydrogens (tertiary/aromatic N) is 4. The first-order valence-corrected chi connectivity index (χ1v) is 14.2. The fourth-order valence-corrected chi connectivity index (χ4v) is 5.52. The number of hydrogen-bond acceptors (Lipinski definition) is 5. The highest BCUT2D eigenvalue weighted by Gasteiger charge is 2.34. The van der Waals surface area contributed by atoms with Gasteiger partial charge in [0.05, 0.1) is 24.7 Å². The molecule has 1 amide bonds. The van der Waals surface area contributed by atoms with Crippen LogP contribution in [0.4, 0.5) is 0 Å². The molecular weight excluding hydrogens is 512 g/mol. The zero-order chi connectivity index (χ0) is 27.2. The Morgan fingerprint density at radius 2 is 1.78 bits per heavy atom. The molecule has 37 heavy (non-hydrogen) atoms. The van der Waals surface area contributed by atoms with Crippen LogP contribution in [-0.2, 0) is 15.0 Å². The number of carbonyl (C=O) groups is 1. The normalized spacial score (nSPS) is 17.3. The summed E-state index contributed by atoms with van der Waals surface area (Å²) in [4.78, 5) is 16.6. The van der Waals surface area contributed by atoms with Gasteiger partial charge in [0.15, 0.2) is 0 Å². The number of rotatable bonds is 10. The second-order valence-electron chi connectivity index (χ2n) is 9.15. The maximum absolute atomic E-state index is 13.2. The first kappa shape index (κ1) is 28.6. The van der Waals surface area contributed by atoms with Crippen molar-refractivity contribution >= 4 is 39.4 Å². The van der Waals surface area contributed by atoms with Crippen LogP contribution in [-0.4, -0.2) is 61.5 Å². The second kappa shape index (κ2) is 12.5. The van der Waals surface area contributed by atoms with Crippen LogP contribution in [0.2, 0.25) is 5.02 Å². The van der Waals surface area contributed by atoms with E-state index in [2.05, 4.69) is 9.71 Å². The van der Waals surface area contributed by atoms with Gasteiger partial charge in [-0.2, -0.15) is 17.8 Å². The average molecular weight is 547 g/mol. The molecule has 0 saturated carbocycles. The summed E-state index contributed by atoms with van der Waals surface area (Å²) >= 11 is 6.11. The van der Waals surface area contributed by atoms with Crippen molar-refractivity contribution in [1.29, 1.82) is 0 Å². The van der Waals surface area contributed by atoms with E-state index in [1.54, 1.807) is 31.0 Å². The molecule has 2 unspecified atom stereocenters. The van der Waals surface area contributed by atoms with E-state index >= 15 is 0 Å². The van der Waals surface area contributed by atoms with Crippen molar-refractivity contribution in [1.82, 2.24) is 14.0 Å². The molecular formula is C26H35ClN6O3S. The van der Waals surface area contributed by atoms with Gasteiger partial charge in [-0.15, -0.1) is 0 Å². The van der Waals surface area contributed by atoms with Crippen molar-refractivity contribution in [2.45, 2.75) is 33.6 Å². The van der Waals surface area contributed by atoms with Gasteiger partial charge >= 0.3 is 10.2 Å². The maximum Gasteiger partial charge on any atom is 0.303 e. The predicted octanol–water partition coefficient (Wildman–Crippen LogP) is 3.43. The highest BCUT2D eigenvalue weighted by molar-refractivity contribution is 7.87. The Morgan fingerprint density at radius 3 is 2.32 bits per heavy atom. The van der Waals surface area contributed by atoms with Gasteiger partial charge in [-0.3, -0.25) is 4.79 Å². The highest BCUT2D eigenvalue weighted by Crippen LogP contribution is 2.29. The predicted molar refractivity (Wildman–Crippen MR) is 149 cm³/mol. The van der Waals surface area contributed by atoms with E-state index in [1.807, 2.05) is 56.3 Å². The Hall–Kier alpha value is -2.95. The Balaban J connectivity index is 2.07. The zero-order valence-corrected chi connectivity index (χ0v) is 23.2. The number of benzene rings is 2. The number of halogens is 1. The van der Waals surface area contributed by atoms with Crippen LogP contribution in [0, 0.1) is 11.8 Å². The van der Waals surface area contributed by atoms with Gasteiger partial charge in [0, 0.05) is 24.0 Å². The largest absolute Gasteiger partial charge is 0.369 e. The Kier molecular flexibility index (Phi) is 9.69. The Bertz CT molecular complexity index is 1230. The van der Waals surface area contributed by atoms with Crippen LogP contribution in [0.1, 0.15) is 44.7 Å². The van der Waals surface area contributed by atoms with Crippen molar-refractivity contribution < 1.29 is 13.2 Å². The monoisotopic (exact) mass is 546 g/mol. The number of aliphatic imine (C=N–C) groups is 1. The number of primary amides is 1. The van der Waals surface area contributed by atoms with Crippen LogP contribution < -0.4 is 10.5 Å². The summed E-state index contributed by atoms with van der Waals surface area (Å²) in [7, 11) is -3.91. The molecule has 1 aliphatic heterocycles. The molecule has 0 aromatic heterocycles. The first-order valence-electron chi connectivity index (χ1n) is 12.4. The Morgan fingerprint density at radius 1 is 1.16 bits per heavy atom. The maximum atomic E-state index is 13.2. The fourth-order valence-electron chi connectivity index (χ4n) is 4.19. The first-order chi connectivity index (χ1) is 17.6. The van der Waals surface area contributed by atoms with Gasteiger partial charge in [-0.05, 0) is 29.2 Å². The van der Waals surface area contributed by atoms with Crippen molar-refractivity contribution in [2.24, 2.45) is 27.7 Å². The van der Waals surface area contributed by atoms with E-state index in [4.69, 9.17) is 22.4 Å². The molecule has 2 aromatic carbocycles. The van der Waals surface area contributed by atoms with Crippen molar-refractivity contribution in [3.8, 4) is 0 Å². The minimum atomic E-state index is -3.91. The van der Waals surface area contributed by atoms with Crippen molar-refractivity contribution in [3.63, 3.8) is 0 Å². The van der Waals surface area contributed by atoms with Crippen LogP contribution in [0.5, 0.6) is 0 Å². The molecule has 0 fully saturated rings. The third-order valence-electron chi connectivity index (χ3n) is 6.37. The second-order valence-corrected chi connectivity index (χ2v) is 11.3. The number of carbonyl (C=O) groups excluding carboxylic acids is 1. The SMILES string of the molecule is CCN(CC)S(=O)(=O)NC(=NCC(C(N)=O)C(C)C)N1CC(c2ccccc2)C(c2ccc(Cl)cc2)=N1. The molecule has 0 radical (unpaired) electrons. The van der Waals surface area contributed by atoms with E-state index in [-0.39, 0.29) is 24.3 Å². The number of amides is 1. The number of hydrazone groups is 1. The van der Waals surface area contributed by atoms with Gasteiger partial charge in [0.1, 0.15) is 0 Å². The summed E-state index contributed by atoms with van der Waals surface area (Å²) in [5.74, 6) is -1.21. The molecule has 1 aliphatic rings. The molecule has 200 valence electrons. The van der Waals surface area contributed by atoms with Crippen molar-refractivity contribution in [2.75, 3.05) is 26.2 Å². The summed E-state index contributed by atoms with van der Waals surface area (Å²) in [6.07, 6.45) is 0. The van der Waals surface area contributed by atoms with Crippen molar-refractivity contribution in [3.05, 3.63) is 70.7 Å². The lowest BCUT2D eigenvalue weighted by atomic mass is 9.91. The molecule has 0 spiro atoms. The van der Waals surface area contributed by atoms with E-state index in [1.165, 1.54) is 4.31 Å². The number of hydrogen-bond donors (Lipinski definition) is 2. The van der Waals surface area contributed by atoms with Gasteiger partial charge in [-0.1, -0.05) is 81.8 Å². The lowest BCUT2D eigenvalue weighted by Crippen LogP contribution is -2.48. The van der Waals surface area contributed by atoms with Gasteiger partial charge < -0.3 is 5.73 Å². The molecule has 11 heteroatoms. The fraction of sp³-hybridized carbons (Fsp3) is 0.423. The molecule has 1 heterocycles. The van der Waals surface area contributed by atoms with E-state index in [9.17, 15) is 13.2 Å². The average Bonchev–Trinajstić information content (AvgIpc) is 3.30. The summed E-state index contributed by atoms with van der Waals surface area (Å²) in [6, 6.07) is 17.2. The molecule has 0 saturated heterocycles. The molecule has 3 N–H and O–H groups in total. The van der Waals surface area contributed by atoms with E-state index in [0.717, 1.165) is 16.8 Å². The number of guanidine groups is 1. The third-order valence-corrected chi connectivity index (χ3v) is 8.26. The zero-order valence-electron chi connectivity index (χ0n) is 21.6. The molecule has 0 aliphatic carbocycles. The molecule has 9 nitrogen and oxygen atoms in total. The van der Waals surface area contributed by atoms with Crippen LogP contribution >= 0.6 is 11.6 Å². The number of nitrogens with two attached hydrogens (primary N) is 1. The quantitative estimate of drug-likeness (QED) is 0.350. The Labute approximate surface area is 224 Å². The van der Waals surface area contributed by atoms with Gasteiger partial charge in [0.2, 0.25) is 11.9 Å². The minimum Gasteiger partial charge on any atom is -0.369 e. The number of nitrogens with one attached hydrogen (secondary N) is 1. The highest BCUT2D eigenvalue weighted by atomic mass is 35.5. The van der Waals surface area contributed by atoms with Gasteiger partial charge in [-0.25, -0.2) is 14.7 Å². The van der Waals surface area contributed by atoms with Gasteiger partial charge in [0.25, 0.3) is 0 Å². The van der Waals surface area contributed by atoms with Crippen LogP contribution in [0.3, 0.4) is 0 Å².